The standard InChI is InChI=1S/C21H32O4/c1-6-7-8-9-13-21(15(2)3,16(4)5)25-20(24)18-12-10-11-17(14-18)19(22)23/h10-12,14-16H,6-9,13H2,1-5H3,(H,22,23). The number of carbonyl (C=O) groups is 2. The predicted molar refractivity (Wildman–Crippen MR) is 100.0 cm³/mol. The molecule has 0 heterocycles. The first-order chi connectivity index (χ1) is 11.7. The Morgan fingerprint density at radius 3 is 2.16 bits per heavy atom. The zero-order valence-electron chi connectivity index (χ0n) is 16.2. The summed E-state index contributed by atoms with van der Waals surface area (Å²) in [6.07, 6.45) is 5.32. The molecule has 0 saturated carbocycles. The maximum absolute atomic E-state index is 12.7. The van der Waals surface area contributed by atoms with Crippen molar-refractivity contribution in [1.29, 1.82) is 0 Å². The molecule has 0 fully saturated rings. The Hall–Kier alpha value is -1.84. The molecule has 0 aromatic heterocycles. The molecule has 140 valence electrons. The van der Waals surface area contributed by atoms with Gasteiger partial charge in [-0.25, -0.2) is 9.59 Å². The molecular weight excluding hydrogens is 316 g/mol. The van der Waals surface area contributed by atoms with Crippen LogP contribution in [-0.4, -0.2) is 22.6 Å². The fourth-order valence-electron chi connectivity index (χ4n) is 3.37. The quantitative estimate of drug-likeness (QED) is 0.444. The van der Waals surface area contributed by atoms with E-state index in [-0.39, 0.29) is 17.4 Å². The maximum atomic E-state index is 12.7. The number of aromatic carboxylic acids is 1. The lowest BCUT2D eigenvalue weighted by Crippen LogP contribution is -2.45. The summed E-state index contributed by atoms with van der Waals surface area (Å²) in [5.74, 6) is -1.13. The van der Waals surface area contributed by atoms with Crippen LogP contribution in [0.3, 0.4) is 0 Å². The summed E-state index contributed by atoms with van der Waals surface area (Å²) in [7, 11) is 0. The normalized spacial score (nSPS) is 11.8. The zero-order valence-corrected chi connectivity index (χ0v) is 16.2. The summed E-state index contributed by atoms with van der Waals surface area (Å²) < 4.78 is 6.03. The maximum Gasteiger partial charge on any atom is 0.338 e. The fourth-order valence-corrected chi connectivity index (χ4v) is 3.37. The minimum Gasteiger partial charge on any atom is -0.478 e. The number of unbranched alkanes of at least 4 members (excludes halogenated alkanes) is 3. The molecule has 0 bridgehead atoms. The van der Waals surface area contributed by atoms with E-state index in [0.717, 1.165) is 25.7 Å². The van der Waals surface area contributed by atoms with Crippen molar-refractivity contribution in [3.63, 3.8) is 0 Å². The highest BCUT2D eigenvalue weighted by atomic mass is 16.6. The first-order valence-corrected chi connectivity index (χ1v) is 9.31. The van der Waals surface area contributed by atoms with Crippen LogP contribution in [0, 0.1) is 11.8 Å². The number of carbonyl (C=O) groups excluding carboxylic acids is 1. The van der Waals surface area contributed by atoms with Gasteiger partial charge in [0.05, 0.1) is 11.1 Å². The average molecular weight is 348 g/mol. The van der Waals surface area contributed by atoms with E-state index in [9.17, 15) is 9.59 Å². The Labute approximate surface area is 151 Å². The summed E-state index contributed by atoms with van der Waals surface area (Å²) in [5.41, 5.74) is -0.152. The number of rotatable bonds is 10. The number of carboxylic acids is 1. The Kier molecular flexibility index (Phi) is 8.14. The molecule has 0 atom stereocenters. The van der Waals surface area contributed by atoms with Crippen molar-refractivity contribution < 1.29 is 19.4 Å². The van der Waals surface area contributed by atoms with Gasteiger partial charge in [0, 0.05) is 0 Å². The number of hydrogen-bond acceptors (Lipinski definition) is 3. The third-order valence-electron chi connectivity index (χ3n) is 5.00. The summed E-state index contributed by atoms with van der Waals surface area (Å²) in [5, 5.41) is 9.11. The molecule has 4 nitrogen and oxygen atoms in total. The average Bonchev–Trinajstić information content (AvgIpc) is 2.57. The Morgan fingerprint density at radius 1 is 1.04 bits per heavy atom. The minimum atomic E-state index is -1.05. The molecule has 0 radical (unpaired) electrons. The van der Waals surface area contributed by atoms with Gasteiger partial charge in [-0.3, -0.25) is 0 Å². The second kappa shape index (κ2) is 9.59. The van der Waals surface area contributed by atoms with Gasteiger partial charge in [-0.15, -0.1) is 0 Å². The van der Waals surface area contributed by atoms with Crippen molar-refractivity contribution >= 4 is 11.9 Å². The van der Waals surface area contributed by atoms with Crippen LogP contribution in [0.15, 0.2) is 24.3 Å². The number of carboxylic acid groups (broad SMARTS) is 1. The van der Waals surface area contributed by atoms with Crippen LogP contribution in [-0.2, 0) is 4.74 Å². The third-order valence-corrected chi connectivity index (χ3v) is 5.00. The van der Waals surface area contributed by atoms with E-state index in [0.29, 0.717) is 5.56 Å². The Morgan fingerprint density at radius 2 is 1.64 bits per heavy atom. The van der Waals surface area contributed by atoms with E-state index in [1.54, 1.807) is 12.1 Å². The van der Waals surface area contributed by atoms with Crippen molar-refractivity contribution in [2.45, 2.75) is 72.3 Å². The van der Waals surface area contributed by atoms with E-state index in [4.69, 9.17) is 9.84 Å². The number of benzene rings is 1. The number of hydrogen-bond donors (Lipinski definition) is 1. The summed E-state index contributed by atoms with van der Waals surface area (Å²) in [6.45, 7) is 10.5. The first kappa shape index (κ1) is 21.2. The molecule has 0 aliphatic rings. The minimum absolute atomic E-state index is 0.0945. The second-order valence-electron chi connectivity index (χ2n) is 7.35. The molecule has 1 aromatic carbocycles. The van der Waals surface area contributed by atoms with E-state index in [1.807, 2.05) is 0 Å². The molecule has 25 heavy (non-hydrogen) atoms. The van der Waals surface area contributed by atoms with Crippen molar-refractivity contribution in [2.75, 3.05) is 0 Å². The van der Waals surface area contributed by atoms with Crippen LogP contribution in [0.25, 0.3) is 0 Å². The molecule has 1 rings (SSSR count). The molecule has 0 aliphatic carbocycles. The van der Waals surface area contributed by atoms with Crippen molar-refractivity contribution in [1.82, 2.24) is 0 Å². The van der Waals surface area contributed by atoms with Crippen LogP contribution in [0.5, 0.6) is 0 Å². The van der Waals surface area contributed by atoms with Gasteiger partial charge in [-0.2, -0.15) is 0 Å². The fraction of sp³-hybridized carbons (Fsp3) is 0.619. The zero-order chi connectivity index (χ0) is 19.0. The van der Waals surface area contributed by atoms with Gasteiger partial charge in [-0.1, -0.05) is 59.9 Å². The largest absolute Gasteiger partial charge is 0.478 e. The molecule has 1 aromatic rings. The highest BCUT2D eigenvalue weighted by Gasteiger charge is 2.40. The highest BCUT2D eigenvalue weighted by molar-refractivity contribution is 5.94. The lowest BCUT2D eigenvalue weighted by Gasteiger charge is -2.41. The summed E-state index contributed by atoms with van der Waals surface area (Å²) >= 11 is 0. The molecule has 0 saturated heterocycles. The van der Waals surface area contributed by atoms with Gasteiger partial charge >= 0.3 is 11.9 Å². The van der Waals surface area contributed by atoms with Gasteiger partial charge in [-0.05, 0) is 42.9 Å². The van der Waals surface area contributed by atoms with Gasteiger partial charge in [0.15, 0.2) is 0 Å². The first-order valence-electron chi connectivity index (χ1n) is 9.31. The van der Waals surface area contributed by atoms with Crippen LogP contribution < -0.4 is 0 Å². The number of esters is 1. The van der Waals surface area contributed by atoms with E-state index in [1.165, 1.54) is 18.6 Å². The third kappa shape index (κ3) is 5.58. The van der Waals surface area contributed by atoms with Gasteiger partial charge in [0.25, 0.3) is 0 Å². The second-order valence-corrected chi connectivity index (χ2v) is 7.35. The Balaban J connectivity index is 3.01. The molecule has 1 N–H and O–H groups in total. The lowest BCUT2D eigenvalue weighted by molar-refractivity contribution is -0.0784. The Bertz CT molecular complexity index is 567. The molecule has 4 heteroatoms. The SMILES string of the molecule is CCCCCCC(OC(=O)c1cccc(C(=O)O)c1)(C(C)C)C(C)C. The van der Waals surface area contributed by atoms with Crippen LogP contribution in [0.4, 0.5) is 0 Å². The molecular formula is C21H32O4. The van der Waals surface area contributed by atoms with Gasteiger partial charge in [0.1, 0.15) is 5.60 Å². The molecule has 0 unspecified atom stereocenters. The van der Waals surface area contributed by atoms with Crippen LogP contribution in [0.1, 0.15) is 87.4 Å². The summed E-state index contributed by atoms with van der Waals surface area (Å²) in [6, 6.07) is 6.04. The molecule has 0 aliphatic heterocycles. The predicted octanol–water partition coefficient (Wildman–Crippen LogP) is 5.56. The highest BCUT2D eigenvalue weighted by Crippen LogP contribution is 2.36. The monoisotopic (exact) mass is 348 g/mol. The van der Waals surface area contributed by atoms with Crippen LogP contribution in [0.2, 0.25) is 0 Å². The molecule has 0 spiro atoms. The van der Waals surface area contributed by atoms with E-state index >= 15 is 0 Å². The topological polar surface area (TPSA) is 63.6 Å². The lowest BCUT2D eigenvalue weighted by atomic mass is 9.76. The van der Waals surface area contributed by atoms with Crippen molar-refractivity contribution in [2.24, 2.45) is 11.8 Å². The number of ether oxygens (including phenoxy) is 1. The molecule has 0 amide bonds. The van der Waals surface area contributed by atoms with Crippen molar-refractivity contribution in [3.05, 3.63) is 35.4 Å². The van der Waals surface area contributed by atoms with E-state index in [2.05, 4.69) is 34.6 Å². The summed E-state index contributed by atoms with van der Waals surface area (Å²) in [4.78, 5) is 23.8. The smallest absolute Gasteiger partial charge is 0.338 e. The van der Waals surface area contributed by atoms with Gasteiger partial charge in [0.2, 0.25) is 0 Å². The van der Waals surface area contributed by atoms with E-state index < -0.39 is 17.5 Å². The van der Waals surface area contributed by atoms with Gasteiger partial charge < -0.3 is 9.84 Å². The van der Waals surface area contributed by atoms with Crippen molar-refractivity contribution in [3.8, 4) is 0 Å². The van der Waals surface area contributed by atoms with Crippen LogP contribution >= 0.6 is 0 Å².